The topological polar surface area (TPSA) is 36.9 Å². The average molecular weight is 319 g/mol. The number of likely N-dealkylation sites (tertiary alicyclic amines) is 1. The number of aliphatic imine (C=N–C) groups is 1. The van der Waals surface area contributed by atoms with Crippen molar-refractivity contribution in [3.63, 3.8) is 0 Å². The lowest BCUT2D eigenvalue weighted by Crippen LogP contribution is -2.43. The van der Waals surface area contributed by atoms with E-state index in [-0.39, 0.29) is 11.2 Å². The third-order valence-corrected chi connectivity index (χ3v) is 5.07. The quantitative estimate of drug-likeness (QED) is 0.669. The molecule has 1 aliphatic carbocycles. The van der Waals surface area contributed by atoms with Gasteiger partial charge in [-0.25, -0.2) is 4.39 Å². The zero-order chi connectivity index (χ0) is 16.3. The predicted molar refractivity (Wildman–Crippen MR) is 90.2 cm³/mol. The van der Waals surface area contributed by atoms with Crippen LogP contribution in [0.4, 0.5) is 4.39 Å². The van der Waals surface area contributed by atoms with E-state index in [0.717, 1.165) is 57.0 Å². The molecule has 3 rings (SSSR count). The molecule has 1 saturated heterocycles. The van der Waals surface area contributed by atoms with E-state index < -0.39 is 0 Å². The van der Waals surface area contributed by atoms with E-state index in [1.54, 1.807) is 19.2 Å². The minimum atomic E-state index is -0.153. The number of methoxy groups -OCH3 is 1. The van der Waals surface area contributed by atoms with Gasteiger partial charge in [-0.15, -0.1) is 0 Å². The molecule has 1 aromatic carbocycles. The Balaban J connectivity index is 1.59. The molecule has 1 unspecified atom stereocenters. The highest BCUT2D eigenvalue weighted by Gasteiger charge is 2.44. The second-order valence-corrected chi connectivity index (χ2v) is 6.75. The van der Waals surface area contributed by atoms with Gasteiger partial charge in [-0.05, 0) is 37.0 Å². The molecule has 1 heterocycles. The predicted octanol–water partition coefficient (Wildman–Crippen LogP) is 2.40. The van der Waals surface area contributed by atoms with E-state index in [1.165, 1.54) is 6.07 Å². The second kappa shape index (κ2) is 6.87. The van der Waals surface area contributed by atoms with Gasteiger partial charge in [0.1, 0.15) is 5.82 Å². The molecule has 1 N–H and O–H groups in total. The molecule has 23 heavy (non-hydrogen) atoms. The summed E-state index contributed by atoms with van der Waals surface area (Å²) < 4.78 is 18.7. The molecular weight excluding hydrogens is 293 g/mol. The SMILES string of the molecule is CN=C(NCC1(c2cccc(F)c2)CC1)N1CCC(COC)C1. The fraction of sp³-hybridized carbons (Fsp3) is 0.611. The summed E-state index contributed by atoms with van der Waals surface area (Å²) in [5, 5.41) is 3.51. The second-order valence-electron chi connectivity index (χ2n) is 6.75. The molecular formula is C18H26FN3O. The summed E-state index contributed by atoms with van der Waals surface area (Å²) in [6, 6.07) is 7.01. The molecule has 126 valence electrons. The van der Waals surface area contributed by atoms with E-state index in [0.29, 0.717) is 5.92 Å². The first kappa shape index (κ1) is 16.2. The maximum absolute atomic E-state index is 13.5. The fourth-order valence-corrected chi connectivity index (χ4v) is 3.51. The van der Waals surface area contributed by atoms with Crippen molar-refractivity contribution in [2.45, 2.75) is 24.7 Å². The van der Waals surface area contributed by atoms with Crippen LogP contribution >= 0.6 is 0 Å². The minimum Gasteiger partial charge on any atom is -0.384 e. The van der Waals surface area contributed by atoms with E-state index in [1.807, 2.05) is 13.1 Å². The van der Waals surface area contributed by atoms with Crippen molar-refractivity contribution >= 4 is 5.96 Å². The number of rotatable bonds is 5. The minimum absolute atomic E-state index is 0.0731. The molecule has 1 atom stereocenters. The van der Waals surface area contributed by atoms with Crippen molar-refractivity contribution in [1.82, 2.24) is 10.2 Å². The summed E-state index contributed by atoms with van der Waals surface area (Å²) in [6.45, 7) is 3.62. The summed E-state index contributed by atoms with van der Waals surface area (Å²) in [4.78, 5) is 6.72. The van der Waals surface area contributed by atoms with Gasteiger partial charge in [0.25, 0.3) is 0 Å². The Labute approximate surface area is 137 Å². The van der Waals surface area contributed by atoms with Crippen molar-refractivity contribution in [3.05, 3.63) is 35.6 Å². The van der Waals surface area contributed by atoms with Crippen molar-refractivity contribution in [1.29, 1.82) is 0 Å². The zero-order valence-electron chi connectivity index (χ0n) is 14.0. The maximum Gasteiger partial charge on any atom is 0.193 e. The molecule has 1 aromatic rings. The third-order valence-electron chi connectivity index (χ3n) is 5.07. The van der Waals surface area contributed by atoms with Crippen LogP contribution in [-0.2, 0) is 10.2 Å². The monoisotopic (exact) mass is 319 g/mol. The lowest BCUT2D eigenvalue weighted by molar-refractivity contribution is 0.157. The Hall–Kier alpha value is -1.62. The van der Waals surface area contributed by atoms with E-state index in [2.05, 4.69) is 15.2 Å². The molecule has 5 heteroatoms. The standard InChI is InChI=1S/C18H26FN3O/c1-20-17(22-9-6-14(11-22)12-23-2)21-13-18(7-8-18)15-4-3-5-16(19)10-15/h3-5,10,14H,6-9,11-13H2,1-2H3,(H,20,21). The number of guanidine groups is 1. The highest BCUT2D eigenvalue weighted by atomic mass is 19.1. The van der Waals surface area contributed by atoms with Gasteiger partial charge in [0, 0.05) is 45.1 Å². The van der Waals surface area contributed by atoms with Gasteiger partial charge in [-0.2, -0.15) is 0 Å². The molecule has 4 nitrogen and oxygen atoms in total. The normalized spacial score (nSPS) is 23.2. The first-order chi connectivity index (χ1) is 11.2. The van der Waals surface area contributed by atoms with Gasteiger partial charge >= 0.3 is 0 Å². The third kappa shape index (κ3) is 3.66. The van der Waals surface area contributed by atoms with E-state index in [4.69, 9.17) is 4.74 Å². The van der Waals surface area contributed by atoms with Crippen LogP contribution in [0.5, 0.6) is 0 Å². The van der Waals surface area contributed by atoms with Crippen LogP contribution in [0.25, 0.3) is 0 Å². The first-order valence-electron chi connectivity index (χ1n) is 8.37. The molecule has 0 amide bonds. The lowest BCUT2D eigenvalue weighted by Gasteiger charge is -2.24. The molecule has 0 aromatic heterocycles. The maximum atomic E-state index is 13.5. The number of hydrogen-bond donors (Lipinski definition) is 1. The van der Waals surface area contributed by atoms with Gasteiger partial charge < -0.3 is 15.0 Å². The highest BCUT2D eigenvalue weighted by molar-refractivity contribution is 5.80. The molecule has 0 bridgehead atoms. The molecule has 2 fully saturated rings. The Morgan fingerprint density at radius 3 is 2.96 bits per heavy atom. The van der Waals surface area contributed by atoms with Gasteiger partial charge in [0.2, 0.25) is 0 Å². The zero-order valence-corrected chi connectivity index (χ0v) is 14.0. The summed E-state index contributed by atoms with van der Waals surface area (Å²) in [5.74, 6) is 1.38. The number of benzene rings is 1. The van der Waals surface area contributed by atoms with Crippen molar-refractivity contribution in [2.75, 3.05) is 40.4 Å². The Morgan fingerprint density at radius 1 is 1.48 bits per heavy atom. The number of halogens is 1. The van der Waals surface area contributed by atoms with Crippen LogP contribution in [0.2, 0.25) is 0 Å². The molecule has 0 spiro atoms. The largest absolute Gasteiger partial charge is 0.384 e. The Bertz CT molecular complexity index is 571. The number of nitrogens with one attached hydrogen (secondary N) is 1. The van der Waals surface area contributed by atoms with Gasteiger partial charge in [-0.1, -0.05) is 12.1 Å². The molecule has 2 aliphatic rings. The van der Waals surface area contributed by atoms with Gasteiger partial charge in [0.05, 0.1) is 6.61 Å². The van der Waals surface area contributed by atoms with Crippen LogP contribution in [0.15, 0.2) is 29.3 Å². The fourth-order valence-electron chi connectivity index (χ4n) is 3.51. The summed E-state index contributed by atoms with van der Waals surface area (Å²) in [6.07, 6.45) is 3.35. The van der Waals surface area contributed by atoms with Crippen LogP contribution in [-0.4, -0.2) is 51.3 Å². The highest BCUT2D eigenvalue weighted by Crippen LogP contribution is 2.47. The summed E-state index contributed by atoms with van der Waals surface area (Å²) >= 11 is 0. The van der Waals surface area contributed by atoms with Crippen LogP contribution in [0, 0.1) is 11.7 Å². The number of hydrogen-bond acceptors (Lipinski definition) is 2. The first-order valence-corrected chi connectivity index (χ1v) is 8.37. The molecule has 0 radical (unpaired) electrons. The van der Waals surface area contributed by atoms with E-state index >= 15 is 0 Å². The van der Waals surface area contributed by atoms with Gasteiger partial charge in [-0.3, -0.25) is 4.99 Å². The smallest absolute Gasteiger partial charge is 0.193 e. The van der Waals surface area contributed by atoms with Crippen molar-refractivity contribution in [3.8, 4) is 0 Å². The van der Waals surface area contributed by atoms with E-state index in [9.17, 15) is 4.39 Å². The number of ether oxygens (including phenoxy) is 1. The van der Waals surface area contributed by atoms with Crippen molar-refractivity contribution in [2.24, 2.45) is 10.9 Å². The average Bonchev–Trinajstić information content (AvgIpc) is 3.21. The molecule has 1 saturated carbocycles. The van der Waals surface area contributed by atoms with Crippen LogP contribution in [0.3, 0.4) is 0 Å². The van der Waals surface area contributed by atoms with Crippen molar-refractivity contribution < 1.29 is 9.13 Å². The summed E-state index contributed by atoms with van der Waals surface area (Å²) in [7, 11) is 3.58. The Morgan fingerprint density at radius 2 is 2.30 bits per heavy atom. The lowest BCUT2D eigenvalue weighted by atomic mass is 9.96. The number of nitrogens with zero attached hydrogens (tertiary/aromatic N) is 2. The molecule has 1 aliphatic heterocycles. The van der Waals surface area contributed by atoms with Crippen LogP contribution in [0.1, 0.15) is 24.8 Å². The summed E-state index contributed by atoms with van der Waals surface area (Å²) in [5.41, 5.74) is 1.17. The van der Waals surface area contributed by atoms with Crippen LogP contribution < -0.4 is 5.32 Å². The Kier molecular flexibility index (Phi) is 4.85. The van der Waals surface area contributed by atoms with Gasteiger partial charge in [0.15, 0.2) is 5.96 Å².